The van der Waals surface area contributed by atoms with Crippen LogP contribution in [-0.2, 0) is 13.5 Å². The first-order valence-corrected chi connectivity index (χ1v) is 10.9. The monoisotopic (exact) mass is 391 g/mol. The normalized spacial score (nSPS) is 12.6. The van der Waals surface area contributed by atoms with Crippen molar-refractivity contribution in [2.24, 2.45) is 13.0 Å². The number of nitrogens with zero attached hydrogens (tertiary/aromatic N) is 2. The van der Waals surface area contributed by atoms with E-state index in [1.54, 1.807) is 0 Å². The van der Waals surface area contributed by atoms with Gasteiger partial charge in [-0.2, -0.15) is 4.57 Å². The van der Waals surface area contributed by atoms with Crippen LogP contribution in [0.25, 0.3) is 49.0 Å². The van der Waals surface area contributed by atoms with Crippen molar-refractivity contribution in [2.45, 2.75) is 34.1 Å². The summed E-state index contributed by atoms with van der Waals surface area (Å²) >= 11 is 0. The molecule has 2 nitrogen and oxygen atoms in total. The quantitative estimate of drug-likeness (QED) is 0.178. The van der Waals surface area contributed by atoms with Crippen LogP contribution in [0, 0.1) is 19.8 Å². The highest BCUT2D eigenvalue weighted by molar-refractivity contribution is 6.26. The van der Waals surface area contributed by atoms with Crippen LogP contribution < -0.4 is 4.57 Å². The van der Waals surface area contributed by atoms with Crippen LogP contribution in [0.1, 0.15) is 30.5 Å². The third-order valence-electron chi connectivity index (χ3n) is 6.78. The maximum Gasteiger partial charge on any atom is 0.238 e. The molecule has 0 bridgehead atoms. The third kappa shape index (κ3) is 2.17. The summed E-state index contributed by atoms with van der Waals surface area (Å²) in [5.41, 5.74) is 9.41. The maximum atomic E-state index is 2.51. The predicted molar refractivity (Wildman–Crippen MR) is 128 cm³/mol. The van der Waals surface area contributed by atoms with Crippen molar-refractivity contribution in [3.8, 4) is 0 Å². The molecule has 6 aromatic rings. The molecule has 0 aliphatic heterocycles. The van der Waals surface area contributed by atoms with Crippen LogP contribution in [0.2, 0.25) is 0 Å². The Kier molecular flexibility index (Phi) is 3.51. The van der Waals surface area contributed by atoms with E-state index in [0.717, 1.165) is 6.42 Å². The van der Waals surface area contributed by atoms with Crippen LogP contribution in [0.15, 0.2) is 54.7 Å². The first-order valence-electron chi connectivity index (χ1n) is 10.9. The number of rotatable bonds is 2. The van der Waals surface area contributed by atoms with Gasteiger partial charge in [-0.3, -0.25) is 0 Å². The largest absolute Gasteiger partial charge is 0.303 e. The second-order valence-corrected chi connectivity index (χ2v) is 9.41. The molecular formula is C28H27N2+. The van der Waals surface area contributed by atoms with E-state index in [2.05, 4.69) is 98.4 Å². The maximum absolute atomic E-state index is 2.51. The highest BCUT2D eigenvalue weighted by Gasteiger charge is 2.24. The van der Waals surface area contributed by atoms with Gasteiger partial charge in [-0.05, 0) is 66.5 Å². The van der Waals surface area contributed by atoms with Crippen molar-refractivity contribution >= 4 is 49.0 Å². The average molecular weight is 392 g/mol. The molecule has 0 saturated carbocycles. The van der Waals surface area contributed by atoms with Crippen molar-refractivity contribution in [3.63, 3.8) is 0 Å². The lowest BCUT2D eigenvalue weighted by molar-refractivity contribution is -0.644. The van der Waals surface area contributed by atoms with E-state index in [-0.39, 0.29) is 0 Å². The molecule has 0 spiro atoms. The van der Waals surface area contributed by atoms with E-state index < -0.39 is 0 Å². The zero-order chi connectivity index (χ0) is 20.7. The van der Waals surface area contributed by atoms with Gasteiger partial charge in [0.25, 0.3) is 0 Å². The number of benzene rings is 3. The summed E-state index contributed by atoms with van der Waals surface area (Å²) in [7, 11) is 2.18. The summed E-state index contributed by atoms with van der Waals surface area (Å²) in [4.78, 5) is 0. The molecule has 0 radical (unpaired) electrons. The standard InChI is InChI=1S/C28H27N2/c1-16(2)13-19-9-10-23-22(15-19)21-11-12-29(5)28-25-18(4)14-17(3)20-7-6-8-24(26(20)25)30(23)27(21)28/h6-12,14-16H,13H2,1-5H3/q+1. The Hall–Kier alpha value is -3.13. The van der Waals surface area contributed by atoms with Gasteiger partial charge in [0, 0.05) is 22.2 Å². The van der Waals surface area contributed by atoms with Gasteiger partial charge < -0.3 is 4.40 Å². The molecule has 0 aliphatic carbocycles. The number of hydrogen-bond donors (Lipinski definition) is 0. The molecule has 3 heterocycles. The van der Waals surface area contributed by atoms with Crippen LogP contribution in [0.4, 0.5) is 0 Å². The Morgan fingerprint density at radius 3 is 2.47 bits per heavy atom. The summed E-state index contributed by atoms with van der Waals surface area (Å²) in [6.45, 7) is 9.08. The number of aryl methyl sites for hydroxylation is 3. The highest BCUT2D eigenvalue weighted by Crippen LogP contribution is 2.41. The molecule has 0 unspecified atom stereocenters. The molecule has 148 valence electrons. The minimum absolute atomic E-state index is 0.656. The van der Waals surface area contributed by atoms with Crippen LogP contribution in [0.5, 0.6) is 0 Å². The van der Waals surface area contributed by atoms with Gasteiger partial charge in [0.15, 0.2) is 6.20 Å². The molecule has 6 rings (SSSR count). The van der Waals surface area contributed by atoms with E-state index in [0.29, 0.717) is 5.92 Å². The van der Waals surface area contributed by atoms with Crippen molar-refractivity contribution in [1.29, 1.82) is 0 Å². The second kappa shape index (κ2) is 5.95. The Labute approximate surface area is 176 Å². The molecule has 30 heavy (non-hydrogen) atoms. The number of fused-ring (bicyclic) bond motifs is 5. The van der Waals surface area contributed by atoms with Gasteiger partial charge in [-0.1, -0.05) is 38.1 Å². The molecule has 0 amide bonds. The zero-order valence-electron chi connectivity index (χ0n) is 18.4. The van der Waals surface area contributed by atoms with E-state index in [1.165, 1.54) is 65.7 Å². The first-order chi connectivity index (χ1) is 14.5. The fourth-order valence-corrected chi connectivity index (χ4v) is 5.63. The Morgan fingerprint density at radius 2 is 1.67 bits per heavy atom. The Bertz CT molecular complexity index is 1620. The smallest absolute Gasteiger partial charge is 0.238 e. The molecular weight excluding hydrogens is 364 g/mol. The lowest BCUT2D eigenvalue weighted by Crippen LogP contribution is -2.29. The Balaban J connectivity index is 1.96. The minimum Gasteiger partial charge on any atom is -0.303 e. The van der Waals surface area contributed by atoms with E-state index >= 15 is 0 Å². The van der Waals surface area contributed by atoms with Gasteiger partial charge in [0.1, 0.15) is 12.6 Å². The van der Waals surface area contributed by atoms with Crippen molar-refractivity contribution in [1.82, 2.24) is 4.40 Å². The lowest BCUT2D eigenvalue weighted by Gasteiger charge is -2.14. The third-order valence-corrected chi connectivity index (χ3v) is 6.78. The van der Waals surface area contributed by atoms with Gasteiger partial charge >= 0.3 is 0 Å². The van der Waals surface area contributed by atoms with E-state index in [1.807, 2.05) is 0 Å². The summed E-state index contributed by atoms with van der Waals surface area (Å²) in [5.74, 6) is 0.656. The van der Waals surface area contributed by atoms with Crippen molar-refractivity contribution in [3.05, 3.63) is 71.4 Å². The lowest BCUT2D eigenvalue weighted by atomic mass is 9.95. The number of aromatic nitrogens is 2. The van der Waals surface area contributed by atoms with Crippen molar-refractivity contribution in [2.75, 3.05) is 0 Å². The molecule has 0 aliphatic rings. The van der Waals surface area contributed by atoms with Gasteiger partial charge in [0.2, 0.25) is 5.52 Å². The summed E-state index contributed by atoms with van der Waals surface area (Å²) in [6, 6.07) is 18.5. The minimum atomic E-state index is 0.656. The van der Waals surface area contributed by atoms with Gasteiger partial charge in [-0.15, -0.1) is 0 Å². The molecule has 3 aromatic heterocycles. The number of pyridine rings is 2. The topological polar surface area (TPSA) is 8.29 Å². The van der Waals surface area contributed by atoms with Crippen LogP contribution >= 0.6 is 0 Å². The molecule has 0 fully saturated rings. The van der Waals surface area contributed by atoms with Crippen LogP contribution in [0.3, 0.4) is 0 Å². The highest BCUT2D eigenvalue weighted by atomic mass is 15.0. The molecule has 3 aromatic carbocycles. The SMILES string of the molecule is Cc1cc(C)c2c3c1cccc3n1c3ccc(CC(C)C)cc3c3cc[n+](C)c2c31. The Morgan fingerprint density at radius 1 is 0.833 bits per heavy atom. The van der Waals surface area contributed by atoms with Crippen molar-refractivity contribution < 1.29 is 4.57 Å². The molecule has 2 heteroatoms. The van der Waals surface area contributed by atoms with Gasteiger partial charge in [-0.25, -0.2) is 0 Å². The summed E-state index contributed by atoms with van der Waals surface area (Å²) in [6.07, 6.45) is 3.35. The molecule has 0 atom stereocenters. The van der Waals surface area contributed by atoms with Gasteiger partial charge in [0.05, 0.1) is 16.4 Å². The first kappa shape index (κ1) is 17.7. The average Bonchev–Trinajstić information content (AvgIpc) is 3.03. The van der Waals surface area contributed by atoms with E-state index in [4.69, 9.17) is 0 Å². The summed E-state index contributed by atoms with van der Waals surface area (Å²) < 4.78 is 4.81. The molecule has 0 N–H and O–H groups in total. The van der Waals surface area contributed by atoms with Crippen LogP contribution in [-0.4, -0.2) is 4.40 Å². The summed E-state index contributed by atoms with van der Waals surface area (Å²) in [5, 5.41) is 6.84. The zero-order valence-corrected chi connectivity index (χ0v) is 18.4. The molecule has 0 saturated heterocycles. The predicted octanol–water partition coefficient (Wildman–Crippen LogP) is 6.63. The fourth-order valence-electron chi connectivity index (χ4n) is 5.63. The number of hydrogen-bond acceptors (Lipinski definition) is 0. The van der Waals surface area contributed by atoms with E-state index in [9.17, 15) is 0 Å². The second-order valence-electron chi connectivity index (χ2n) is 9.41. The fraction of sp³-hybridized carbons (Fsp3) is 0.250.